The highest BCUT2D eigenvalue weighted by Gasteiger charge is 2.46. The molecule has 27 heteroatoms. The summed E-state index contributed by atoms with van der Waals surface area (Å²) in [5, 5.41) is 15.1. The van der Waals surface area contributed by atoms with Gasteiger partial charge in [-0.15, -0.1) is 6.42 Å². The molecule has 1 saturated heterocycles. The van der Waals surface area contributed by atoms with E-state index >= 15 is 0 Å². The molecule has 2 unspecified atom stereocenters. The number of methoxy groups -OCH3 is 2. The standard InChI is InChI=1S/C13H26N2O2.2C12H23NO.2C12H17NO.C11H15NO.C8H17NO2.C7H14N4O.C7H15NO2.C7H11NO/c1-10(16)9-14(6)11-7-12(2,3)15(17)13(4,5)8-11;4*1-10(14)9-13(3)11(2)12-7-5-4-6-8-12;1-10(13)8-12(2)9-11-6-4-3-5-7-11;1-7(6-11-4)9(3)5-8(2)10;1-7(12)6-11(2)5-3-4-9-10-8;1-7(9)6-8(2)4-5-10-3;1-4-5-8(3)6-7(2)9/h11,17H,7-9H2,1-6H3;2*11-12H,4-9H2,1-3H3;2*4-8,11H,9H2,1-3H3;3-7H,8-9H2,1-2H3;7H,5-6H2,1-4H3;3-6H2,1-2H3;4-6H2,1-3H3;1H,5-6H2,2-3H3/t;11-;;11-;;;7-;;;/m.0.1..0.../s1. The van der Waals surface area contributed by atoms with Gasteiger partial charge in [0.05, 0.1) is 85.2 Å². The van der Waals surface area contributed by atoms with Crippen molar-refractivity contribution >= 4 is 57.8 Å². The Morgan fingerprint density at radius 1 is 0.453 bits per heavy atom. The third kappa shape index (κ3) is 68.7. The number of benzene rings is 3. The number of rotatable bonds is 42. The maximum Gasteiger partial charge on any atom is 0.143 e. The number of carbonyl (C=O) groups excluding carboxylic acids is 10. The minimum atomic E-state index is -0.253. The first kappa shape index (κ1) is 127. The monoisotopic (exact) mass is 1800 g/mol. The highest BCUT2D eigenvalue weighted by molar-refractivity contribution is 5.80. The van der Waals surface area contributed by atoms with E-state index in [4.69, 9.17) is 21.4 Å². The van der Waals surface area contributed by atoms with Crippen molar-refractivity contribution in [2.45, 2.75) is 269 Å². The second-order valence-electron chi connectivity index (χ2n) is 37.1. The lowest BCUT2D eigenvalue weighted by Gasteiger charge is -2.53. The molecule has 0 bridgehead atoms. The highest BCUT2D eigenvalue weighted by Crippen LogP contribution is 2.38. The lowest BCUT2D eigenvalue weighted by Crippen LogP contribution is -2.62. The second-order valence-corrected chi connectivity index (χ2v) is 37.1. The van der Waals surface area contributed by atoms with Crippen molar-refractivity contribution in [2.75, 3.05) is 190 Å². The van der Waals surface area contributed by atoms with Crippen LogP contribution in [0.3, 0.4) is 0 Å². The highest BCUT2D eigenvalue weighted by atomic mass is 16.5. The fourth-order valence-electron chi connectivity index (χ4n) is 15.3. The van der Waals surface area contributed by atoms with Crippen LogP contribution in [0.1, 0.15) is 244 Å². The third-order valence-corrected chi connectivity index (χ3v) is 22.3. The van der Waals surface area contributed by atoms with Crippen LogP contribution in [0.25, 0.3) is 10.4 Å². The van der Waals surface area contributed by atoms with E-state index in [9.17, 15) is 53.2 Å². The van der Waals surface area contributed by atoms with Gasteiger partial charge in [0.15, 0.2) is 0 Å². The Hall–Kier alpha value is -7.33. The smallest absolute Gasteiger partial charge is 0.143 e. The van der Waals surface area contributed by atoms with Crippen LogP contribution in [0.15, 0.2) is 96.1 Å². The summed E-state index contributed by atoms with van der Waals surface area (Å²) < 4.78 is 9.79. The number of hydrogen-bond donors (Lipinski definition) is 1. The number of Topliss-reactive ketones (excluding diaryl/α,β-unsaturated/α-hetero) is 10. The SMILES string of the molecule is C#CCN(C)CC(C)=O.CC(=O)CN(C)C(C)C1CCCCC1.CC(=O)CN(C)C(C)c1ccccc1.CC(=O)CN(C)C1CC(C)(C)N(O)C(C)(C)C1.CC(=O)CN(C)CCCN=[N+]=[N-].CC(=O)CN(C)Cc1ccccc1.CC(=O)CN(C)[C@@H](C)C1CCCCC1.CC(=O)CN(C)[C@H](C)c1ccccc1.COCCN(C)CC(C)=O.COC[C@H](C)N(C)CC(C)=O. The summed E-state index contributed by atoms with van der Waals surface area (Å²) in [6.45, 7) is 45.1. The molecule has 1 N–H and O–H groups in total. The summed E-state index contributed by atoms with van der Waals surface area (Å²) in [7, 11) is 22.9. The maximum absolute atomic E-state index is 11.2. The lowest BCUT2D eigenvalue weighted by molar-refractivity contribution is -0.251. The largest absolute Gasteiger partial charge is 0.383 e. The zero-order valence-corrected chi connectivity index (χ0v) is 85.7. The second kappa shape index (κ2) is 74.2. The van der Waals surface area contributed by atoms with E-state index in [2.05, 4.69) is 119 Å². The summed E-state index contributed by atoms with van der Waals surface area (Å²) in [5.74, 6) is 6.11. The van der Waals surface area contributed by atoms with E-state index in [0.29, 0.717) is 128 Å². The van der Waals surface area contributed by atoms with Gasteiger partial charge in [0.25, 0.3) is 0 Å². The van der Waals surface area contributed by atoms with Gasteiger partial charge >= 0.3 is 0 Å². The molecule has 0 spiro atoms. The lowest BCUT2D eigenvalue weighted by atomic mass is 9.78. The molecular formula is C101H178N14O13. The number of likely N-dealkylation sites (N-methyl/N-ethyl adjacent to an activating group) is 10. The first-order valence-corrected chi connectivity index (χ1v) is 45.7. The molecular weight excluding hydrogens is 1620 g/mol. The average Bonchev–Trinajstić information content (AvgIpc) is 0.773. The molecule has 0 radical (unpaired) electrons. The fraction of sp³-hybridized carbons (Fsp3) is 0.703. The Morgan fingerprint density at radius 3 is 1.10 bits per heavy atom. The molecule has 1 heterocycles. The van der Waals surface area contributed by atoms with Gasteiger partial charge in [0.2, 0.25) is 0 Å². The van der Waals surface area contributed by atoms with E-state index in [1.807, 2.05) is 165 Å². The van der Waals surface area contributed by atoms with Crippen molar-refractivity contribution in [1.82, 2.24) is 54.1 Å². The van der Waals surface area contributed by atoms with Gasteiger partial charge in [-0.25, -0.2) is 0 Å². The van der Waals surface area contributed by atoms with Gasteiger partial charge in [-0.3, -0.25) is 96.9 Å². The number of nitrogens with zero attached hydrogens (tertiary/aromatic N) is 14. The van der Waals surface area contributed by atoms with Crippen molar-refractivity contribution in [3.8, 4) is 12.3 Å². The number of carbonyl (C=O) groups is 10. The molecule has 2 saturated carbocycles. The predicted molar refractivity (Wildman–Crippen MR) is 525 cm³/mol. The Labute approximate surface area is 776 Å². The van der Waals surface area contributed by atoms with Crippen LogP contribution in [0.4, 0.5) is 0 Å². The molecule has 3 fully saturated rings. The van der Waals surface area contributed by atoms with Gasteiger partial charge in [0.1, 0.15) is 57.8 Å². The van der Waals surface area contributed by atoms with Crippen molar-refractivity contribution in [3.05, 3.63) is 118 Å². The topological polar surface area (TPSA) is 294 Å². The maximum atomic E-state index is 11.2. The molecule has 27 nitrogen and oxygen atoms in total. The minimum absolute atomic E-state index is 0.146. The van der Waals surface area contributed by atoms with Crippen molar-refractivity contribution < 1.29 is 62.6 Å². The molecule has 3 aliphatic rings. The number of hydrogen-bond acceptors (Lipinski definition) is 25. The first-order valence-electron chi connectivity index (χ1n) is 45.7. The van der Waals surface area contributed by atoms with Crippen LogP contribution in [0, 0.1) is 24.2 Å². The van der Waals surface area contributed by atoms with Crippen molar-refractivity contribution in [3.63, 3.8) is 0 Å². The van der Waals surface area contributed by atoms with Gasteiger partial charge in [-0.2, -0.15) is 5.06 Å². The van der Waals surface area contributed by atoms with Crippen LogP contribution in [-0.4, -0.2) is 342 Å². The van der Waals surface area contributed by atoms with Gasteiger partial charge < -0.3 is 14.7 Å². The fourth-order valence-corrected chi connectivity index (χ4v) is 15.3. The average molecular weight is 1800 g/mol. The van der Waals surface area contributed by atoms with E-state index in [1.54, 1.807) is 88.4 Å². The number of terminal acetylenes is 1. The van der Waals surface area contributed by atoms with Crippen LogP contribution in [0.2, 0.25) is 0 Å². The van der Waals surface area contributed by atoms with E-state index in [-0.39, 0.29) is 68.9 Å². The van der Waals surface area contributed by atoms with Gasteiger partial charge in [-0.05, 0) is 288 Å². The van der Waals surface area contributed by atoms with Crippen molar-refractivity contribution in [2.24, 2.45) is 17.0 Å². The van der Waals surface area contributed by atoms with Gasteiger partial charge in [-0.1, -0.05) is 141 Å². The Bertz CT molecular complexity index is 3470. The molecule has 730 valence electrons. The molecule has 6 rings (SSSR count). The molecule has 0 aromatic heterocycles. The number of hydroxylamine groups is 2. The van der Waals surface area contributed by atoms with Crippen LogP contribution in [-0.2, 0) is 64.0 Å². The molecule has 128 heavy (non-hydrogen) atoms. The van der Waals surface area contributed by atoms with E-state index in [0.717, 1.165) is 50.7 Å². The van der Waals surface area contributed by atoms with E-state index < -0.39 is 0 Å². The van der Waals surface area contributed by atoms with Crippen LogP contribution >= 0.6 is 0 Å². The Kier molecular flexibility index (Phi) is 73.6. The summed E-state index contributed by atoms with van der Waals surface area (Å²) >= 11 is 0. The van der Waals surface area contributed by atoms with E-state index in [1.165, 1.54) is 86.0 Å². The van der Waals surface area contributed by atoms with Crippen LogP contribution in [0.5, 0.6) is 0 Å². The molecule has 3 aromatic rings. The minimum Gasteiger partial charge on any atom is -0.383 e. The molecule has 1 aliphatic heterocycles. The number of ketones is 10. The van der Waals surface area contributed by atoms with Gasteiger partial charge in [0, 0.05) is 86.1 Å². The number of azide groups is 1. The molecule has 3 aromatic carbocycles. The zero-order chi connectivity index (χ0) is 98.8. The Morgan fingerprint density at radius 2 is 0.773 bits per heavy atom. The van der Waals surface area contributed by atoms with Crippen molar-refractivity contribution in [1.29, 1.82) is 0 Å². The number of ether oxygens (including phenoxy) is 2. The molecule has 0 amide bonds. The third-order valence-electron chi connectivity index (χ3n) is 22.3. The zero-order valence-electron chi connectivity index (χ0n) is 85.7. The van der Waals surface area contributed by atoms with Crippen LogP contribution < -0.4 is 0 Å². The first-order chi connectivity index (χ1) is 59.7. The summed E-state index contributed by atoms with van der Waals surface area (Å²) in [6.07, 6.45) is 21.3. The summed E-state index contributed by atoms with van der Waals surface area (Å²) in [6, 6.07) is 32.9. The normalized spacial score (nSPS) is 15.4. The molecule has 5 atom stereocenters. The predicted octanol–water partition coefficient (Wildman–Crippen LogP) is 15.2. The molecule has 2 aliphatic carbocycles. The number of piperidine rings is 1. The Balaban J connectivity index is -0.000000670. The quantitative estimate of drug-likeness (QED) is 0.0181. The summed E-state index contributed by atoms with van der Waals surface area (Å²) in [5.41, 5.74) is 11.2. The summed E-state index contributed by atoms with van der Waals surface area (Å²) in [4.78, 5) is 131.